The molecule has 4 heterocycles. The molecule has 136 valence electrons. The third-order valence-electron chi connectivity index (χ3n) is 4.98. The second-order valence-electron chi connectivity index (χ2n) is 6.81. The molecule has 0 bridgehead atoms. The minimum absolute atomic E-state index is 0.0324. The Balaban J connectivity index is 1.60. The van der Waals surface area contributed by atoms with Gasteiger partial charge in [0.2, 0.25) is 0 Å². The number of hydrogen-bond donors (Lipinski definition) is 0. The molecule has 0 N–H and O–H groups in total. The highest BCUT2D eigenvalue weighted by molar-refractivity contribution is 5.80. The van der Waals surface area contributed by atoms with E-state index in [0.717, 1.165) is 32.5 Å². The summed E-state index contributed by atoms with van der Waals surface area (Å²) in [4.78, 5) is 10.9. The maximum atomic E-state index is 13.6. The molecule has 4 rings (SSSR count). The molecule has 3 aromatic heterocycles. The summed E-state index contributed by atoms with van der Waals surface area (Å²) in [6.45, 7) is 4.27. The van der Waals surface area contributed by atoms with Crippen LogP contribution in [0, 0.1) is 6.92 Å². The summed E-state index contributed by atoms with van der Waals surface area (Å²) < 4.78 is 32.3. The third-order valence-corrected chi connectivity index (χ3v) is 4.98. The number of hydrogen-bond acceptors (Lipinski definition) is 5. The van der Waals surface area contributed by atoms with Gasteiger partial charge in [0.25, 0.3) is 12.1 Å². The average molecular weight is 358 g/mol. The Morgan fingerprint density at radius 2 is 2.12 bits per heavy atom. The summed E-state index contributed by atoms with van der Waals surface area (Å²) >= 11 is 0. The lowest BCUT2D eigenvalue weighted by atomic mass is 9.92. The summed E-state index contributed by atoms with van der Waals surface area (Å²) in [6.07, 6.45) is 2.94. The van der Waals surface area contributed by atoms with Gasteiger partial charge in [0.05, 0.1) is 11.1 Å². The topological polar surface area (TPSA) is 55.1 Å². The number of halogens is 2. The highest BCUT2D eigenvalue weighted by Crippen LogP contribution is 2.34. The molecule has 1 saturated heterocycles. The number of aromatic nitrogens is 3. The molecule has 0 aromatic carbocycles. The molecule has 5 nitrogen and oxygen atoms in total. The van der Waals surface area contributed by atoms with Crippen LogP contribution in [-0.2, 0) is 6.54 Å². The van der Waals surface area contributed by atoms with Crippen molar-refractivity contribution in [1.29, 1.82) is 0 Å². The molecule has 1 aliphatic heterocycles. The van der Waals surface area contributed by atoms with E-state index < -0.39 is 6.43 Å². The minimum Gasteiger partial charge on any atom is -0.336 e. The molecule has 3 aromatic rings. The molecule has 0 aliphatic carbocycles. The van der Waals surface area contributed by atoms with Crippen molar-refractivity contribution in [2.24, 2.45) is 0 Å². The Kier molecular flexibility index (Phi) is 4.63. The van der Waals surface area contributed by atoms with Gasteiger partial charge < -0.3 is 4.52 Å². The lowest BCUT2D eigenvalue weighted by Gasteiger charge is -2.32. The van der Waals surface area contributed by atoms with E-state index in [1.807, 2.05) is 12.1 Å². The molecule has 0 unspecified atom stereocenters. The predicted molar refractivity (Wildman–Crippen MR) is 93.0 cm³/mol. The summed E-state index contributed by atoms with van der Waals surface area (Å²) in [5, 5.41) is 4.15. The minimum atomic E-state index is -2.58. The predicted octanol–water partition coefficient (Wildman–Crippen LogP) is 4.24. The maximum absolute atomic E-state index is 13.6. The van der Waals surface area contributed by atoms with Gasteiger partial charge in [-0.3, -0.25) is 9.88 Å². The zero-order valence-corrected chi connectivity index (χ0v) is 14.5. The molecule has 7 heteroatoms. The van der Waals surface area contributed by atoms with Crippen molar-refractivity contribution in [2.45, 2.75) is 38.7 Å². The van der Waals surface area contributed by atoms with Crippen LogP contribution in [-0.4, -0.2) is 33.1 Å². The number of alkyl halides is 2. The van der Waals surface area contributed by atoms with Crippen molar-refractivity contribution in [3.63, 3.8) is 0 Å². The van der Waals surface area contributed by atoms with Crippen LogP contribution < -0.4 is 0 Å². The Bertz CT molecular complexity index is 897. The van der Waals surface area contributed by atoms with Crippen molar-refractivity contribution in [2.75, 3.05) is 13.1 Å². The first-order chi connectivity index (χ1) is 12.6. The SMILES string of the molecule is Cc1noc2nc([C@@H]3CCCN(Cc4ccncc4)C3)cc(C(F)F)c12. The Morgan fingerprint density at radius 3 is 2.88 bits per heavy atom. The smallest absolute Gasteiger partial charge is 0.264 e. The first-order valence-electron chi connectivity index (χ1n) is 8.78. The van der Waals surface area contributed by atoms with Gasteiger partial charge in [-0.05, 0) is 50.1 Å². The standard InChI is InChI=1S/C19H20F2N4O/c1-12-17-15(18(20)21)9-16(23-19(17)26-24-12)14-3-2-8-25(11-14)10-13-4-6-22-7-5-13/h4-7,9,14,18H,2-3,8,10-11H2,1H3/t14-/m1/s1. The molecule has 0 spiro atoms. The molecule has 1 aliphatic rings. The molecule has 26 heavy (non-hydrogen) atoms. The Hall–Kier alpha value is -2.41. The lowest BCUT2D eigenvalue weighted by molar-refractivity contribution is 0.152. The van der Waals surface area contributed by atoms with Crippen LogP contribution in [0.4, 0.5) is 8.78 Å². The number of likely N-dealkylation sites (tertiary alicyclic amines) is 1. The Labute approximate surface area is 150 Å². The van der Waals surface area contributed by atoms with E-state index in [-0.39, 0.29) is 17.2 Å². The van der Waals surface area contributed by atoms with E-state index in [1.165, 1.54) is 11.6 Å². The van der Waals surface area contributed by atoms with Gasteiger partial charge in [-0.15, -0.1) is 0 Å². The molecular weight excluding hydrogens is 338 g/mol. The largest absolute Gasteiger partial charge is 0.336 e. The van der Waals surface area contributed by atoms with E-state index in [4.69, 9.17) is 4.52 Å². The first-order valence-corrected chi connectivity index (χ1v) is 8.78. The molecular formula is C19H20F2N4O. The number of pyridine rings is 2. The number of rotatable bonds is 4. The maximum Gasteiger partial charge on any atom is 0.264 e. The quantitative estimate of drug-likeness (QED) is 0.698. The van der Waals surface area contributed by atoms with Gasteiger partial charge in [0.15, 0.2) is 0 Å². The summed E-state index contributed by atoms with van der Waals surface area (Å²) in [6, 6.07) is 5.54. The molecule has 1 fully saturated rings. The van der Waals surface area contributed by atoms with Gasteiger partial charge >= 0.3 is 0 Å². The fourth-order valence-electron chi connectivity index (χ4n) is 3.72. The van der Waals surface area contributed by atoms with E-state index in [1.54, 1.807) is 19.3 Å². The van der Waals surface area contributed by atoms with Gasteiger partial charge in [-0.2, -0.15) is 0 Å². The van der Waals surface area contributed by atoms with E-state index in [9.17, 15) is 8.78 Å². The van der Waals surface area contributed by atoms with Crippen LogP contribution in [0.25, 0.3) is 11.1 Å². The summed E-state index contributed by atoms with van der Waals surface area (Å²) in [7, 11) is 0. The van der Waals surface area contributed by atoms with E-state index >= 15 is 0 Å². The molecule has 0 amide bonds. The van der Waals surface area contributed by atoms with Crippen molar-refractivity contribution < 1.29 is 13.3 Å². The van der Waals surface area contributed by atoms with Crippen molar-refractivity contribution >= 4 is 11.1 Å². The zero-order valence-electron chi connectivity index (χ0n) is 14.5. The zero-order chi connectivity index (χ0) is 18.1. The number of piperidine rings is 1. The first kappa shape index (κ1) is 17.0. The molecule has 0 radical (unpaired) electrons. The van der Waals surface area contributed by atoms with Gasteiger partial charge in [-0.1, -0.05) is 5.16 Å². The van der Waals surface area contributed by atoms with Crippen LogP contribution >= 0.6 is 0 Å². The van der Waals surface area contributed by atoms with Gasteiger partial charge in [-0.25, -0.2) is 13.8 Å². The summed E-state index contributed by atoms with van der Waals surface area (Å²) in [5.74, 6) is 0.109. The van der Waals surface area contributed by atoms with Crippen LogP contribution in [0.3, 0.4) is 0 Å². The highest BCUT2D eigenvalue weighted by Gasteiger charge is 2.26. The van der Waals surface area contributed by atoms with Crippen LogP contribution in [0.2, 0.25) is 0 Å². The van der Waals surface area contributed by atoms with E-state index in [0.29, 0.717) is 16.8 Å². The second kappa shape index (κ2) is 7.07. The van der Waals surface area contributed by atoms with Crippen molar-refractivity contribution in [1.82, 2.24) is 20.0 Å². The molecule has 1 atom stereocenters. The third kappa shape index (κ3) is 3.31. The van der Waals surface area contributed by atoms with E-state index in [2.05, 4.69) is 20.0 Å². The van der Waals surface area contributed by atoms with Gasteiger partial charge in [0.1, 0.15) is 0 Å². The monoisotopic (exact) mass is 358 g/mol. The van der Waals surface area contributed by atoms with Crippen molar-refractivity contribution in [3.05, 3.63) is 53.1 Å². The number of fused-ring (bicyclic) bond motifs is 1. The number of aryl methyl sites for hydroxylation is 1. The summed E-state index contributed by atoms with van der Waals surface area (Å²) in [5.41, 5.74) is 2.50. The number of nitrogens with zero attached hydrogens (tertiary/aromatic N) is 4. The van der Waals surface area contributed by atoms with Crippen molar-refractivity contribution in [3.8, 4) is 0 Å². The van der Waals surface area contributed by atoms with Crippen LogP contribution in [0.15, 0.2) is 35.1 Å². The fourth-order valence-corrected chi connectivity index (χ4v) is 3.72. The van der Waals surface area contributed by atoms with Gasteiger partial charge in [0, 0.05) is 42.7 Å². The molecule has 0 saturated carbocycles. The van der Waals surface area contributed by atoms with Crippen LogP contribution in [0.1, 0.15) is 47.7 Å². The van der Waals surface area contributed by atoms with Crippen LogP contribution in [0.5, 0.6) is 0 Å². The lowest BCUT2D eigenvalue weighted by Crippen LogP contribution is -2.34. The normalized spacial score (nSPS) is 18.7. The average Bonchev–Trinajstić information content (AvgIpc) is 3.03. The fraction of sp³-hybridized carbons (Fsp3) is 0.421. The Morgan fingerprint density at radius 1 is 1.31 bits per heavy atom. The highest BCUT2D eigenvalue weighted by atomic mass is 19.3. The second-order valence-corrected chi connectivity index (χ2v) is 6.81.